The number of hydrogen-bond acceptors (Lipinski definition) is 4. The maximum absolute atomic E-state index is 6.41. The number of nitrogens with zero attached hydrogens (tertiary/aromatic N) is 2. The van der Waals surface area contributed by atoms with Crippen molar-refractivity contribution in [3.05, 3.63) is 52.5 Å². The minimum atomic E-state index is -0.341. The molecule has 0 amide bonds. The van der Waals surface area contributed by atoms with Crippen LogP contribution >= 0.6 is 11.3 Å². The lowest BCUT2D eigenvalue weighted by molar-refractivity contribution is 0.251. The van der Waals surface area contributed by atoms with Gasteiger partial charge in [-0.15, -0.1) is 11.3 Å². The first kappa shape index (κ1) is 13.2. The first-order valence-corrected chi connectivity index (χ1v) is 6.92. The molecule has 4 heteroatoms. The van der Waals surface area contributed by atoms with E-state index in [1.54, 1.807) is 11.3 Å². The van der Waals surface area contributed by atoms with Crippen LogP contribution in [0.2, 0.25) is 0 Å². The minimum Gasteiger partial charge on any atom is -0.321 e. The summed E-state index contributed by atoms with van der Waals surface area (Å²) in [4.78, 5) is 6.51. The van der Waals surface area contributed by atoms with Gasteiger partial charge in [0.1, 0.15) is 0 Å². The Hall–Kier alpha value is -1.23. The summed E-state index contributed by atoms with van der Waals surface area (Å²) in [6, 6.07) is 10.2. The van der Waals surface area contributed by atoms with Crippen LogP contribution in [0.5, 0.6) is 0 Å². The standard InChI is InChI=1S/C14H19N3S/c1-14(15,12-6-4-3-5-7-12)10-17(2)8-13-9-18-11-16-13/h3-7,9,11H,8,10,15H2,1-2H3. The first-order chi connectivity index (χ1) is 8.58. The third-order valence-electron chi connectivity index (χ3n) is 2.95. The molecule has 2 rings (SSSR count). The number of aromatic nitrogens is 1. The maximum Gasteiger partial charge on any atom is 0.0795 e. The van der Waals surface area contributed by atoms with Gasteiger partial charge in [-0.05, 0) is 19.5 Å². The molecule has 0 spiro atoms. The van der Waals surface area contributed by atoms with Crippen molar-refractivity contribution in [2.75, 3.05) is 13.6 Å². The van der Waals surface area contributed by atoms with Gasteiger partial charge in [-0.3, -0.25) is 4.90 Å². The number of hydrogen-bond donors (Lipinski definition) is 1. The van der Waals surface area contributed by atoms with E-state index in [4.69, 9.17) is 5.73 Å². The third-order valence-corrected chi connectivity index (χ3v) is 3.58. The summed E-state index contributed by atoms with van der Waals surface area (Å²) in [5.74, 6) is 0. The largest absolute Gasteiger partial charge is 0.321 e. The van der Waals surface area contributed by atoms with E-state index < -0.39 is 0 Å². The summed E-state index contributed by atoms with van der Waals surface area (Å²) in [6.45, 7) is 3.71. The van der Waals surface area contributed by atoms with Crippen LogP contribution in [-0.2, 0) is 12.1 Å². The lowest BCUT2D eigenvalue weighted by atomic mass is 9.93. The topological polar surface area (TPSA) is 42.2 Å². The highest BCUT2D eigenvalue weighted by molar-refractivity contribution is 7.07. The molecule has 1 unspecified atom stereocenters. The molecule has 18 heavy (non-hydrogen) atoms. The van der Waals surface area contributed by atoms with Crippen molar-refractivity contribution in [1.82, 2.24) is 9.88 Å². The van der Waals surface area contributed by atoms with Gasteiger partial charge >= 0.3 is 0 Å². The average molecular weight is 261 g/mol. The molecule has 0 aliphatic heterocycles. The molecule has 2 N–H and O–H groups in total. The van der Waals surface area contributed by atoms with Gasteiger partial charge in [0, 0.05) is 18.5 Å². The molecule has 0 bridgehead atoms. The van der Waals surface area contributed by atoms with Gasteiger partial charge in [-0.25, -0.2) is 4.98 Å². The fourth-order valence-corrected chi connectivity index (χ4v) is 2.67. The summed E-state index contributed by atoms with van der Waals surface area (Å²) in [6.07, 6.45) is 0. The molecular formula is C14H19N3S. The Morgan fingerprint density at radius 1 is 1.33 bits per heavy atom. The SMILES string of the molecule is CN(Cc1cscn1)CC(C)(N)c1ccccc1. The minimum absolute atomic E-state index is 0.341. The summed E-state index contributed by atoms with van der Waals surface area (Å²) in [5.41, 5.74) is 10.2. The highest BCUT2D eigenvalue weighted by atomic mass is 32.1. The molecule has 3 nitrogen and oxygen atoms in total. The van der Waals surface area contributed by atoms with Crippen LogP contribution in [-0.4, -0.2) is 23.5 Å². The number of thiazole rings is 1. The molecule has 1 heterocycles. The van der Waals surface area contributed by atoms with Crippen LogP contribution in [0.4, 0.5) is 0 Å². The lowest BCUT2D eigenvalue weighted by Crippen LogP contribution is -2.43. The van der Waals surface area contributed by atoms with Crippen molar-refractivity contribution in [2.24, 2.45) is 5.73 Å². The summed E-state index contributed by atoms with van der Waals surface area (Å²) >= 11 is 1.63. The summed E-state index contributed by atoms with van der Waals surface area (Å²) in [5, 5.41) is 2.08. The van der Waals surface area contributed by atoms with Crippen molar-refractivity contribution in [1.29, 1.82) is 0 Å². The highest BCUT2D eigenvalue weighted by Gasteiger charge is 2.22. The quantitative estimate of drug-likeness (QED) is 0.899. The molecule has 96 valence electrons. The summed E-state index contributed by atoms with van der Waals surface area (Å²) in [7, 11) is 2.08. The van der Waals surface area contributed by atoms with Gasteiger partial charge in [-0.1, -0.05) is 30.3 Å². The average Bonchev–Trinajstić information content (AvgIpc) is 2.82. The Labute approximate surface area is 112 Å². The van der Waals surface area contributed by atoms with E-state index >= 15 is 0 Å². The Morgan fingerprint density at radius 2 is 2.06 bits per heavy atom. The van der Waals surface area contributed by atoms with E-state index in [1.807, 2.05) is 23.7 Å². The van der Waals surface area contributed by atoms with Gasteiger partial charge in [0.05, 0.1) is 16.7 Å². The molecule has 1 atom stereocenters. The van der Waals surface area contributed by atoms with E-state index in [-0.39, 0.29) is 5.54 Å². The fourth-order valence-electron chi connectivity index (χ4n) is 2.12. The van der Waals surface area contributed by atoms with Crippen molar-refractivity contribution in [3.8, 4) is 0 Å². The second kappa shape index (κ2) is 5.61. The smallest absolute Gasteiger partial charge is 0.0795 e. The number of likely N-dealkylation sites (N-methyl/N-ethyl adjacent to an activating group) is 1. The zero-order valence-corrected chi connectivity index (χ0v) is 11.7. The number of benzene rings is 1. The molecule has 0 fully saturated rings. The predicted octanol–water partition coefficient (Wildman–Crippen LogP) is 2.45. The van der Waals surface area contributed by atoms with Crippen molar-refractivity contribution < 1.29 is 0 Å². The van der Waals surface area contributed by atoms with Crippen LogP contribution in [0.15, 0.2) is 41.2 Å². The molecular weight excluding hydrogens is 242 g/mol. The van der Waals surface area contributed by atoms with E-state index in [1.165, 1.54) is 0 Å². The van der Waals surface area contributed by atoms with E-state index in [2.05, 4.69) is 41.4 Å². The molecule has 0 aliphatic rings. The van der Waals surface area contributed by atoms with Crippen LogP contribution in [0.3, 0.4) is 0 Å². The number of rotatable bonds is 5. The monoisotopic (exact) mass is 261 g/mol. The zero-order valence-electron chi connectivity index (χ0n) is 10.8. The van der Waals surface area contributed by atoms with E-state index in [9.17, 15) is 0 Å². The Morgan fingerprint density at radius 3 is 2.67 bits per heavy atom. The molecule has 0 saturated carbocycles. The van der Waals surface area contributed by atoms with Gasteiger partial charge < -0.3 is 5.73 Å². The van der Waals surface area contributed by atoms with Crippen molar-refractivity contribution in [2.45, 2.75) is 19.0 Å². The Bertz CT molecular complexity index is 465. The molecule has 0 radical (unpaired) electrons. The highest BCUT2D eigenvalue weighted by Crippen LogP contribution is 2.19. The Balaban J connectivity index is 1.99. The molecule has 1 aromatic heterocycles. The zero-order chi connectivity index (χ0) is 13.0. The molecule has 0 saturated heterocycles. The van der Waals surface area contributed by atoms with Gasteiger partial charge in [0.25, 0.3) is 0 Å². The summed E-state index contributed by atoms with van der Waals surface area (Å²) < 4.78 is 0. The molecule has 1 aromatic carbocycles. The van der Waals surface area contributed by atoms with E-state index in [0.717, 1.165) is 24.3 Å². The van der Waals surface area contributed by atoms with Crippen LogP contribution in [0, 0.1) is 0 Å². The second-order valence-electron chi connectivity index (χ2n) is 4.94. The third kappa shape index (κ3) is 3.38. The normalized spacial score (nSPS) is 14.7. The van der Waals surface area contributed by atoms with Crippen molar-refractivity contribution >= 4 is 11.3 Å². The van der Waals surface area contributed by atoms with Crippen LogP contribution < -0.4 is 5.73 Å². The van der Waals surface area contributed by atoms with Gasteiger partial charge in [0.15, 0.2) is 0 Å². The predicted molar refractivity (Wildman–Crippen MR) is 76.4 cm³/mol. The van der Waals surface area contributed by atoms with Crippen LogP contribution in [0.1, 0.15) is 18.2 Å². The first-order valence-electron chi connectivity index (χ1n) is 5.98. The van der Waals surface area contributed by atoms with Crippen molar-refractivity contribution in [3.63, 3.8) is 0 Å². The van der Waals surface area contributed by atoms with E-state index in [0.29, 0.717) is 0 Å². The fraction of sp³-hybridized carbons (Fsp3) is 0.357. The molecule has 2 aromatic rings. The number of nitrogens with two attached hydrogens (primary N) is 1. The maximum atomic E-state index is 6.41. The lowest BCUT2D eigenvalue weighted by Gasteiger charge is -2.30. The van der Waals surface area contributed by atoms with Crippen LogP contribution in [0.25, 0.3) is 0 Å². The second-order valence-corrected chi connectivity index (χ2v) is 5.65. The van der Waals surface area contributed by atoms with Gasteiger partial charge in [-0.2, -0.15) is 0 Å². The Kier molecular flexibility index (Phi) is 4.11. The van der Waals surface area contributed by atoms with Gasteiger partial charge in [0.2, 0.25) is 0 Å². The molecule has 0 aliphatic carbocycles.